The fourth-order valence-corrected chi connectivity index (χ4v) is 2.03. The van der Waals surface area contributed by atoms with Gasteiger partial charge in [0.25, 0.3) is 0 Å². The zero-order valence-electron chi connectivity index (χ0n) is 10.3. The van der Waals surface area contributed by atoms with Crippen molar-refractivity contribution in [2.45, 2.75) is 6.92 Å². The van der Waals surface area contributed by atoms with E-state index in [2.05, 4.69) is 36.1 Å². The molecule has 1 aliphatic heterocycles. The Morgan fingerprint density at radius 1 is 1.12 bits per heavy atom. The lowest BCUT2D eigenvalue weighted by atomic mass is 10.2. The van der Waals surface area contributed by atoms with Crippen molar-refractivity contribution >= 4 is 11.8 Å². The number of rotatable bonds is 1. The van der Waals surface area contributed by atoms with Crippen LogP contribution in [0.2, 0.25) is 0 Å². The molecule has 17 heavy (non-hydrogen) atoms. The lowest BCUT2D eigenvalue weighted by Gasteiger charge is -2.35. The molecule has 0 atom stereocenters. The molecule has 1 amide bonds. The van der Waals surface area contributed by atoms with E-state index in [1.165, 1.54) is 18.4 Å². The van der Waals surface area contributed by atoms with Gasteiger partial charge in [0.05, 0.1) is 7.11 Å². The summed E-state index contributed by atoms with van der Waals surface area (Å²) in [5, 5.41) is 0. The number of nitrogens with zero attached hydrogens (tertiary/aromatic N) is 2. The normalized spacial score (nSPS) is 15.9. The Labute approximate surface area is 102 Å². The third-order valence-corrected chi connectivity index (χ3v) is 3.11. The minimum absolute atomic E-state index is 0.228. The average Bonchev–Trinajstić information content (AvgIpc) is 2.39. The molecule has 0 aromatic heterocycles. The highest BCUT2D eigenvalue weighted by atomic mass is 16.5. The third kappa shape index (κ3) is 2.70. The quantitative estimate of drug-likeness (QED) is 0.744. The van der Waals surface area contributed by atoms with Gasteiger partial charge in [-0.3, -0.25) is 0 Å². The highest BCUT2D eigenvalue weighted by Gasteiger charge is 2.21. The molecule has 1 aromatic rings. The SMILES string of the molecule is COC(=O)N1CCN(c2ccc(C)cc2)CC1. The maximum Gasteiger partial charge on any atom is 0.409 e. The van der Waals surface area contributed by atoms with Crippen LogP contribution in [0.1, 0.15) is 5.56 Å². The molecule has 4 nitrogen and oxygen atoms in total. The number of aryl methyl sites for hydroxylation is 1. The number of carbonyl (C=O) groups excluding carboxylic acids is 1. The predicted octanol–water partition coefficient (Wildman–Crippen LogP) is 1.88. The first kappa shape index (κ1) is 11.8. The molecule has 0 aliphatic carbocycles. The van der Waals surface area contributed by atoms with E-state index in [0.717, 1.165) is 26.2 Å². The summed E-state index contributed by atoms with van der Waals surface area (Å²) >= 11 is 0. The van der Waals surface area contributed by atoms with Gasteiger partial charge in [0.1, 0.15) is 0 Å². The second kappa shape index (κ2) is 5.08. The maximum atomic E-state index is 11.3. The number of piperazine rings is 1. The first-order valence-electron chi connectivity index (χ1n) is 5.85. The van der Waals surface area contributed by atoms with E-state index in [4.69, 9.17) is 4.74 Å². The summed E-state index contributed by atoms with van der Waals surface area (Å²) in [7, 11) is 1.43. The van der Waals surface area contributed by atoms with Gasteiger partial charge >= 0.3 is 6.09 Å². The van der Waals surface area contributed by atoms with E-state index in [9.17, 15) is 4.79 Å². The summed E-state index contributed by atoms with van der Waals surface area (Å²) in [6.45, 7) is 5.25. The van der Waals surface area contributed by atoms with E-state index in [0.29, 0.717) is 0 Å². The van der Waals surface area contributed by atoms with Gasteiger partial charge in [-0.1, -0.05) is 17.7 Å². The van der Waals surface area contributed by atoms with Crippen molar-refractivity contribution < 1.29 is 9.53 Å². The van der Waals surface area contributed by atoms with E-state index in [-0.39, 0.29) is 6.09 Å². The number of ether oxygens (including phenoxy) is 1. The fourth-order valence-electron chi connectivity index (χ4n) is 2.03. The van der Waals surface area contributed by atoms with Crippen LogP contribution in [0.5, 0.6) is 0 Å². The molecule has 1 heterocycles. The van der Waals surface area contributed by atoms with Crippen molar-refractivity contribution in [3.63, 3.8) is 0 Å². The molecule has 0 saturated carbocycles. The first-order chi connectivity index (χ1) is 8.20. The monoisotopic (exact) mass is 234 g/mol. The topological polar surface area (TPSA) is 32.8 Å². The van der Waals surface area contributed by atoms with Crippen LogP contribution in [0.25, 0.3) is 0 Å². The first-order valence-corrected chi connectivity index (χ1v) is 5.85. The zero-order valence-corrected chi connectivity index (χ0v) is 10.3. The molecular weight excluding hydrogens is 216 g/mol. The number of anilines is 1. The minimum Gasteiger partial charge on any atom is -0.453 e. The molecule has 0 unspecified atom stereocenters. The Balaban J connectivity index is 1.95. The lowest BCUT2D eigenvalue weighted by Crippen LogP contribution is -2.48. The molecular formula is C13H18N2O2. The van der Waals surface area contributed by atoms with E-state index < -0.39 is 0 Å². The minimum atomic E-state index is -0.228. The summed E-state index contributed by atoms with van der Waals surface area (Å²) in [5.41, 5.74) is 2.49. The zero-order chi connectivity index (χ0) is 12.3. The van der Waals surface area contributed by atoms with Gasteiger partial charge in [-0.25, -0.2) is 4.79 Å². The van der Waals surface area contributed by atoms with Crippen LogP contribution in [0.4, 0.5) is 10.5 Å². The standard InChI is InChI=1S/C13H18N2O2/c1-11-3-5-12(6-4-11)14-7-9-15(10-8-14)13(16)17-2/h3-6H,7-10H2,1-2H3. The van der Waals surface area contributed by atoms with Crippen molar-refractivity contribution in [1.82, 2.24) is 4.90 Å². The van der Waals surface area contributed by atoms with Gasteiger partial charge in [0.15, 0.2) is 0 Å². The summed E-state index contributed by atoms with van der Waals surface area (Å²) in [5.74, 6) is 0. The number of hydrogen-bond acceptors (Lipinski definition) is 3. The van der Waals surface area contributed by atoms with E-state index in [1.807, 2.05) is 0 Å². The Morgan fingerprint density at radius 2 is 1.71 bits per heavy atom. The molecule has 4 heteroatoms. The van der Waals surface area contributed by atoms with Crippen LogP contribution in [0, 0.1) is 6.92 Å². The van der Waals surface area contributed by atoms with Gasteiger partial charge in [0.2, 0.25) is 0 Å². The van der Waals surface area contributed by atoms with E-state index in [1.54, 1.807) is 4.90 Å². The second-order valence-corrected chi connectivity index (χ2v) is 4.28. The van der Waals surface area contributed by atoms with Crippen LogP contribution < -0.4 is 4.90 Å². The van der Waals surface area contributed by atoms with Crippen LogP contribution in [-0.2, 0) is 4.74 Å². The fraction of sp³-hybridized carbons (Fsp3) is 0.462. The molecule has 0 spiro atoms. The number of methoxy groups -OCH3 is 1. The van der Waals surface area contributed by atoms with Gasteiger partial charge < -0.3 is 14.5 Å². The maximum absolute atomic E-state index is 11.3. The van der Waals surface area contributed by atoms with Crippen LogP contribution >= 0.6 is 0 Å². The Hall–Kier alpha value is -1.71. The van der Waals surface area contributed by atoms with Crippen molar-refractivity contribution in [3.05, 3.63) is 29.8 Å². The highest BCUT2D eigenvalue weighted by Crippen LogP contribution is 2.17. The molecule has 0 bridgehead atoms. The van der Waals surface area contributed by atoms with Gasteiger partial charge in [-0.2, -0.15) is 0 Å². The van der Waals surface area contributed by atoms with Crippen LogP contribution in [-0.4, -0.2) is 44.3 Å². The number of amides is 1. The van der Waals surface area contributed by atoms with Crippen molar-refractivity contribution in [2.75, 3.05) is 38.2 Å². The number of hydrogen-bond donors (Lipinski definition) is 0. The average molecular weight is 234 g/mol. The number of carbonyl (C=O) groups is 1. The molecule has 2 rings (SSSR count). The largest absolute Gasteiger partial charge is 0.453 e. The molecule has 0 radical (unpaired) electrons. The summed E-state index contributed by atoms with van der Waals surface area (Å²) in [6, 6.07) is 8.48. The molecule has 0 N–H and O–H groups in total. The Kier molecular flexibility index (Phi) is 3.52. The van der Waals surface area contributed by atoms with Crippen LogP contribution in [0.3, 0.4) is 0 Å². The Morgan fingerprint density at radius 3 is 2.24 bits per heavy atom. The van der Waals surface area contributed by atoms with Crippen molar-refractivity contribution in [3.8, 4) is 0 Å². The third-order valence-electron chi connectivity index (χ3n) is 3.11. The van der Waals surface area contributed by atoms with Crippen LogP contribution in [0.15, 0.2) is 24.3 Å². The molecule has 92 valence electrons. The smallest absolute Gasteiger partial charge is 0.409 e. The summed E-state index contributed by atoms with van der Waals surface area (Å²) in [4.78, 5) is 15.4. The lowest BCUT2D eigenvalue weighted by molar-refractivity contribution is 0.121. The summed E-state index contributed by atoms with van der Waals surface area (Å²) in [6.07, 6.45) is -0.228. The number of benzene rings is 1. The molecule has 1 aliphatic rings. The molecule has 1 saturated heterocycles. The van der Waals surface area contributed by atoms with Crippen molar-refractivity contribution in [2.24, 2.45) is 0 Å². The second-order valence-electron chi connectivity index (χ2n) is 4.28. The van der Waals surface area contributed by atoms with Gasteiger partial charge in [0, 0.05) is 31.9 Å². The molecule has 1 fully saturated rings. The molecule has 1 aromatic carbocycles. The van der Waals surface area contributed by atoms with Crippen molar-refractivity contribution in [1.29, 1.82) is 0 Å². The van der Waals surface area contributed by atoms with E-state index >= 15 is 0 Å². The summed E-state index contributed by atoms with van der Waals surface area (Å²) < 4.78 is 4.71. The Bertz CT molecular complexity index is 381. The predicted molar refractivity (Wildman–Crippen MR) is 67.4 cm³/mol. The van der Waals surface area contributed by atoms with Gasteiger partial charge in [-0.05, 0) is 19.1 Å². The highest BCUT2D eigenvalue weighted by molar-refractivity contribution is 5.68. The van der Waals surface area contributed by atoms with Gasteiger partial charge in [-0.15, -0.1) is 0 Å².